The molecule has 3 N–H and O–H groups in total. The maximum atomic E-state index is 13.9. The van der Waals surface area contributed by atoms with Crippen LogP contribution < -0.4 is 20.4 Å². The lowest BCUT2D eigenvalue weighted by atomic mass is 9.84. The zero-order chi connectivity index (χ0) is 25.5. The highest BCUT2D eigenvalue weighted by Crippen LogP contribution is 2.49. The number of benzene rings is 1. The zero-order valence-corrected chi connectivity index (χ0v) is 22.6. The highest BCUT2D eigenvalue weighted by molar-refractivity contribution is 7.65. The Labute approximate surface area is 203 Å². The summed E-state index contributed by atoms with van der Waals surface area (Å²) in [6.07, 6.45) is -0.0891. The molecule has 0 radical (unpaired) electrons. The summed E-state index contributed by atoms with van der Waals surface area (Å²) in [6.45, 7) is 17.3. The molecule has 1 aromatic carbocycles. The van der Waals surface area contributed by atoms with Gasteiger partial charge >= 0.3 is 7.52 Å². The first-order valence-electron chi connectivity index (χ1n) is 12.0. The molecule has 1 aromatic rings. The molecular formula is C25H40N3O5P. The van der Waals surface area contributed by atoms with Crippen LogP contribution in [0.4, 0.5) is 5.69 Å². The van der Waals surface area contributed by atoms with E-state index in [4.69, 9.17) is 9.26 Å². The largest absolute Gasteiger partial charge is 0.509 e. The number of carbonyl (C=O) groups excluding carboxylic acids is 1. The molecule has 0 aliphatic carbocycles. The topological polar surface area (TPSA) is 100 Å². The SMILES string of the molecule is CCOc1ccc2c(c1)NC(C1=C(O)C(C(C)(C)C)N(CCC(C)(C)C)C1=O)NP2(=O)OCC. The minimum atomic E-state index is -3.51. The smallest absolute Gasteiger partial charge is 0.303 e. The summed E-state index contributed by atoms with van der Waals surface area (Å²) in [5.74, 6) is 0.357. The van der Waals surface area contributed by atoms with E-state index in [-0.39, 0.29) is 29.3 Å². The Hall–Kier alpha value is -2.02. The van der Waals surface area contributed by atoms with E-state index >= 15 is 0 Å². The normalized spacial score (nSPS) is 25.4. The van der Waals surface area contributed by atoms with Gasteiger partial charge < -0.3 is 24.6 Å². The number of carbonyl (C=O) groups is 1. The first kappa shape index (κ1) is 26.6. The molecule has 3 rings (SSSR count). The number of nitrogens with zero attached hydrogens (tertiary/aromatic N) is 1. The van der Waals surface area contributed by atoms with Gasteiger partial charge in [0, 0.05) is 12.6 Å². The van der Waals surface area contributed by atoms with Crippen LogP contribution in [0.15, 0.2) is 29.5 Å². The standard InChI is InChI=1S/C25H40N3O5P/c1-9-32-16-11-12-18-17(15-16)26-22(27-34(18,31)33-10-2)19-20(29)21(25(6,7)8)28(23(19)30)14-13-24(3,4)5/h11-12,15,21-22,26,29H,9-10,13-14H2,1-8H3,(H,27,31). The maximum absolute atomic E-state index is 13.9. The fraction of sp³-hybridized carbons (Fsp3) is 0.640. The fourth-order valence-electron chi connectivity index (χ4n) is 4.51. The summed E-state index contributed by atoms with van der Waals surface area (Å²) < 4.78 is 25.2. The molecule has 0 fully saturated rings. The van der Waals surface area contributed by atoms with Crippen LogP contribution in [0.5, 0.6) is 5.75 Å². The van der Waals surface area contributed by atoms with E-state index in [0.717, 1.165) is 6.42 Å². The molecule has 34 heavy (non-hydrogen) atoms. The van der Waals surface area contributed by atoms with Gasteiger partial charge in [0.15, 0.2) is 0 Å². The minimum Gasteiger partial charge on any atom is -0.509 e. The van der Waals surface area contributed by atoms with Gasteiger partial charge in [-0.15, -0.1) is 0 Å². The molecule has 3 unspecified atom stereocenters. The Kier molecular flexibility index (Phi) is 7.47. The van der Waals surface area contributed by atoms with Crippen LogP contribution >= 0.6 is 7.52 Å². The van der Waals surface area contributed by atoms with Crippen LogP contribution in [-0.2, 0) is 13.9 Å². The van der Waals surface area contributed by atoms with Gasteiger partial charge in [0.25, 0.3) is 5.91 Å². The van der Waals surface area contributed by atoms with Crippen LogP contribution in [0.1, 0.15) is 61.8 Å². The number of amides is 1. The van der Waals surface area contributed by atoms with E-state index < -0.39 is 25.1 Å². The first-order chi connectivity index (χ1) is 15.7. The number of rotatable bonds is 7. The van der Waals surface area contributed by atoms with E-state index in [0.29, 0.717) is 29.9 Å². The van der Waals surface area contributed by atoms with Crippen LogP contribution in [0.3, 0.4) is 0 Å². The summed E-state index contributed by atoms with van der Waals surface area (Å²) in [7, 11) is -3.51. The number of fused-ring (bicyclic) bond motifs is 1. The van der Waals surface area contributed by atoms with Crippen molar-refractivity contribution in [2.75, 3.05) is 25.1 Å². The molecular weight excluding hydrogens is 453 g/mol. The molecule has 9 heteroatoms. The molecule has 2 aliphatic heterocycles. The van der Waals surface area contributed by atoms with E-state index in [1.165, 1.54) is 0 Å². The third-order valence-electron chi connectivity index (χ3n) is 6.06. The number of aliphatic hydroxyl groups is 1. The predicted octanol–water partition coefficient (Wildman–Crippen LogP) is 4.79. The monoisotopic (exact) mass is 493 g/mol. The van der Waals surface area contributed by atoms with Crippen LogP contribution in [0.25, 0.3) is 0 Å². The summed E-state index contributed by atoms with van der Waals surface area (Å²) in [5.41, 5.74) is 0.376. The number of aliphatic hydroxyl groups excluding tert-OH is 1. The third kappa shape index (κ3) is 5.29. The lowest BCUT2D eigenvalue weighted by molar-refractivity contribution is -0.129. The molecule has 0 aromatic heterocycles. The molecule has 1 amide bonds. The second kappa shape index (κ2) is 9.56. The van der Waals surface area contributed by atoms with Gasteiger partial charge in [0.05, 0.1) is 35.8 Å². The van der Waals surface area contributed by atoms with Crippen molar-refractivity contribution in [1.82, 2.24) is 9.99 Å². The molecule has 2 aliphatic rings. The molecule has 0 saturated carbocycles. The Morgan fingerprint density at radius 1 is 1.12 bits per heavy atom. The van der Waals surface area contributed by atoms with E-state index in [1.54, 1.807) is 30.0 Å². The average molecular weight is 494 g/mol. The average Bonchev–Trinajstić information content (AvgIpc) is 2.95. The van der Waals surface area contributed by atoms with Crippen molar-refractivity contribution >= 4 is 24.4 Å². The van der Waals surface area contributed by atoms with Crippen LogP contribution in [-0.4, -0.2) is 47.9 Å². The van der Waals surface area contributed by atoms with Gasteiger partial charge in [0.2, 0.25) is 0 Å². The molecule has 190 valence electrons. The van der Waals surface area contributed by atoms with Gasteiger partial charge in [-0.05, 0) is 43.2 Å². The van der Waals surface area contributed by atoms with Crippen molar-refractivity contribution in [3.05, 3.63) is 29.5 Å². The molecule has 3 atom stereocenters. The van der Waals surface area contributed by atoms with Gasteiger partial charge in [-0.2, -0.15) is 0 Å². The quantitative estimate of drug-likeness (QED) is 0.470. The minimum absolute atomic E-state index is 0.00358. The van der Waals surface area contributed by atoms with E-state index in [2.05, 4.69) is 31.2 Å². The fourth-order valence-corrected chi connectivity index (χ4v) is 6.48. The van der Waals surface area contributed by atoms with Gasteiger partial charge in [-0.25, -0.2) is 5.09 Å². The van der Waals surface area contributed by atoms with Crippen molar-refractivity contribution in [3.8, 4) is 5.75 Å². The van der Waals surface area contributed by atoms with Crippen molar-refractivity contribution in [3.63, 3.8) is 0 Å². The van der Waals surface area contributed by atoms with Crippen molar-refractivity contribution in [1.29, 1.82) is 0 Å². The summed E-state index contributed by atoms with van der Waals surface area (Å²) in [6, 6.07) is 4.74. The molecule has 2 heterocycles. The summed E-state index contributed by atoms with van der Waals surface area (Å²) in [4.78, 5) is 15.5. The van der Waals surface area contributed by atoms with Crippen molar-refractivity contribution < 1.29 is 23.7 Å². The number of hydrogen-bond donors (Lipinski definition) is 3. The maximum Gasteiger partial charge on any atom is 0.303 e. The Bertz CT molecular complexity index is 1010. The van der Waals surface area contributed by atoms with Crippen LogP contribution in [0.2, 0.25) is 0 Å². The second-order valence-electron chi connectivity index (χ2n) is 11.2. The Morgan fingerprint density at radius 2 is 1.79 bits per heavy atom. The summed E-state index contributed by atoms with van der Waals surface area (Å²) >= 11 is 0. The van der Waals surface area contributed by atoms with Crippen molar-refractivity contribution in [2.24, 2.45) is 10.8 Å². The number of nitrogens with one attached hydrogen (secondary N) is 2. The van der Waals surface area contributed by atoms with E-state index in [1.807, 2.05) is 27.7 Å². The zero-order valence-electron chi connectivity index (χ0n) is 21.7. The summed E-state index contributed by atoms with van der Waals surface area (Å²) in [5, 5.41) is 18.1. The first-order valence-corrected chi connectivity index (χ1v) is 13.6. The predicted molar refractivity (Wildman–Crippen MR) is 136 cm³/mol. The van der Waals surface area contributed by atoms with Crippen molar-refractivity contribution in [2.45, 2.75) is 74.0 Å². The lowest BCUT2D eigenvalue weighted by Crippen LogP contribution is -2.48. The van der Waals surface area contributed by atoms with Crippen LogP contribution in [0, 0.1) is 10.8 Å². The molecule has 0 saturated heterocycles. The highest BCUT2D eigenvalue weighted by atomic mass is 31.2. The Morgan fingerprint density at radius 3 is 2.35 bits per heavy atom. The lowest BCUT2D eigenvalue weighted by Gasteiger charge is -2.36. The third-order valence-corrected chi connectivity index (χ3v) is 8.30. The highest BCUT2D eigenvalue weighted by Gasteiger charge is 2.50. The van der Waals surface area contributed by atoms with Gasteiger partial charge in [-0.1, -0.05) is 41.5 Å². The van der Waals surface area contributed by atoms with Gasteiger partial charge in [-0.3, -0.25) is 9.36 Å². The van der Waals surface area contributed by atoms with E-state index in [9.17, 15) is 14.5 Å². The molecule has 8 nitrogen and oxygen atoms in total. The number of hydrogen-bond acceptors (Lipinski definition) is 6. The molecule has 0 spiro atoms. The Balaban J connectivity index is 2.04. The number of ether oxygens (including phenoxy) is 1. The molecule has 0 bridgehead atoms. The second-order valence-corrected chi connectivity index (χ2v) is 13.3. The number of anilines is 1. The van der Waals surface area contributed by atoms with Gasteiger partial charge in [0.1, 0.15) is 17.7 Å².